The molecule has 74 valence electrons. The zero-order chi connectivity index (χ0) is 9.95. The van der Waals surface area contributed by atoms with Crippen LogP contribution in [0, 0.1) is 16.7 Å². The molecule has 0 aliphatic carbocycles. The lowest BCUT2D eigenvalue weighted by Gasteiger charge is -2.25. The van der Waals surface area contributed by atoms with Crippen LogP contribution in [0.2, 0.25) is 0 Å². The fourth-order valence-electron chi connectivity index (χ4n) is 1.62. The SMILES string of the molecule is CC(C)(C)CCC1(C#N)CCCS1. The number of thioether (sulfide) groups is 1. The van der Waals surface area contributed by atoms with Crippen LogP contribution in [-0.4, -0.2) is 10.5 Å². The van der Waals surface area contributed by atoms with Gasteiger partial charge in [-0.2, -0.15) is 5.26 Å². The topological polar surface area (TPSA) is 23.8 Å². The van der Waals surface area contributed by atoms with E-state index in [9.17, 15) is 0 Å². The van der Waals surface area contributed by atoms with Gasteiger partial charge in [-0.3, -0.25) is 0 Å². The minimum atomic E-state index is -0.0344. The molecule has 1 atom stereocenters. The van der Waals surface area contributed by atoms with E-state index in [4.69, 9.17) is 5.26 Å². The Bertz CT molecular complexity index is 203. The van der Waals surface area contributed by atoms with Crippen molar-refractivity contribution in [1.82, 2.24) is 0 Å². The second-order valence-corrected chi connectivity index (χ2v) is 6.60. The van der Waals surface area contributed by atoms with E-state index in [1.165, 1.54) is 12.2 Å². The molecule has 0 radical (unpaired) electrons. The summed E-state index contributed by atoms with van der Waals surface area (Å²) in [6.07, 6.45) is 4.55. The Labute approximate surface area is 85.9 Å². The van der Waals surface area contributed by atoms with Gasteiger partial charge in [0.1, 0.15) is 4.75 Å². The van der Waals surface area contributed by atoms with Crippen molar-refractivity contribution in [1.29, 1.82) is 5.26 Å². The van der Waals surface area contributed by atoms with E-state index >= 15 is 0 Å². The van der Waals surface area contributed by atoms with Crippen molar-refractivity contribution < 1.29 is 0 Å². The van der Waals surface area contributed by atoms with Crippen molar-refractivity contribution in [2.75, 3.05) is 5.75 Å². The average Bonchev–Trinajstić information content (AvgIpc) is 2.49. The zero-order valence-electron chi connectivity index (χ0n) is 8.89. The minimum Gasteiger partial charge on any atom is -0.197 e. The highest BCUT2D eigenvalue weighted by atomic mass is 32.2. The van der Waals surface area contributed by atoms with Crippen LogP contribution in [-0.2, 0) is 0 Å². The smallest absolute Gasteiger partial charge is 0.102 e. The van der Waals surface area contributed by atoms with Crippen LogP contribution in [0.4, 0.5) is 0 Å². The molecule has 13 heavy (non-hydrogen) atoms. The molecule has 1 saturated heterocycles. The fourth-order valence-corrected chi connectivity index (χ4v) is 2.89. The van der Waals surface area contributed by atoms with Crippen molar-refractivity contribution in [3.05, 3.63) is 0 Å². The number of nitrogens with zero attached hydrogens (tertiary/aromatic N) is 1. The van der Waals surface area contributed by atoms with E-state index in [1.54, 1.807) is 0 Å². The largest absolute Gasteiger partial charge is 0.197 e. The van der Waals surface area contributed by atoms with Gasteiger partial charge < -0.3 is 0 Å². The monoisotopic (exact) mass is 197 g/mol. The van der Waals surface area contributed by atoms with E-state index in [-0.39, 0.29) is 4.75 Å². The molecule has 1 rings (SSSR count). The first-order valence-electron chi connectivity index (χ1n) is 5.03. The second kappa shape index (κ2) is 3.92. The highest BCUT2D eigenvalue weighted by molar-refractivity contribution is 8.01. The predicted molar refractivity (Wildman–Crippen MR) is 58.7 cm³/mol. The lowest BCUT2D eigenvalue weighted by molar-refractivity contribution is 0.350. The summed E-state index contributed by atoms with van der Waals surface area (Å²) >= 11 is 1.87. The van der Waals surface area contributed by atoms with Crippen molar-refractivity contribution >= 4 is 11.8 Å². The summed E-state index contributed by atoms with van der Waals surface area (Å²) in [4.78, 5) is 0. The van der Waals surface area contributed by atoms with Gasteiger partial charge >= 0.3 is 0 Å². The lowest BCUT2D eigenvalue weighted by Crippen LogP contribution is -2.21. The van der Waals surface area contributed by atoms with Crippen LogP contribution in [0.5, 0.6) is 0 Å². The summed E-state index contributed by atoms with van der Waals surface area (Å²) in [6.45, 7) is 6.74. The second-order valence-electron chi connectivity index (χ2n) is 5.12. The van der Waals surface area contributed by atoms with Crippen molar-refractivity contribution in [3.8, 4) is 6.07 Å². The lowest BCUT2D eigenvalue weighted by atomic mass is 9.85. The number of rotatable bonds is 2. The van der Waals surface area contributed by atoms with Crippen molar-refractivity contribution in [3.63, 3.8) is 0 Å². The Kier molecular flexibility index (Phi) is 3.29. The molecule has 1 aliphatic heterocycles. The normalized spacial score (nSPS) is 28.8. The van der Waals surface area contributed by atoms with Crippen LogP contribution < -0.4 is 0 Å². The van der Waals surface area contributed by atoms with Gasteiger partial charge in [-0.1, -0.05) is 20.8 Å². The van der Waals surface area contributed by atoms with E-state index < -0.39 is 0 Å². The van der Waals surface area contributed by atoms with E-state index in [2.05, 4.69) is 26.8 Å². The first-order valence-corrected chi connectivity index (χ1v) is 6.01. The molecule has 1 fully saturated rings. The molecule has 0 bridgehead atoms. The van der Waals surface area contributed by atoms with Crippen LogP contribution in [0.15, 0.2) is 0 Å². The highest BCUT2D eigenvalue weighted by Crippen LogP contribution is 2.43. The number of hydrogen-bond acceptors (Lipinski definition) is 2. The highest BCUT2D eigenvalue weighted by Gasteiger charge is 2.35. The van der Waals surface area contributed by atoms with Crippen LogP contribution in [0.3, 0.4) is 0 Å². The molecule has 0 spiro atoms. The molecule has 0 aromatic carbocycles. The van der Waals surface area contributed by atoms with Gasteiger partial charge in [-0.05, 0) is 36.9 Å². The standard InChI is InChI=1S/C11H19NS/c1-10(2,3)6-7-11(9-12)5-4-8-13-11/h4-8H2,1-3H3. The molecular formula is C11H19NS. The summed E-state index contributed by atoms with van der Waals surface area (Å²) < 4.78 is -0.0344. The Morgan fingerprint density at radius 2 is 2.15 bits per heavy atom. The van der Waals surface area contributed by atoms with Crippen LogP contribution >= 0.6 is 11.8 Å². The van der Waals surface area contributed by atoms with Gasteiger partial charge in [0.15, 0.2) is 0 Å². The van der Waals surface area contributed by atoms with E-state index in [0.29, 0.717) is 5.41 Å². The summed E-state index contributed by atoms with van der Waals surface area (Å²) in [5.41, 5.74) is 0.368. The Morgan fingerprint density at radius 3 is 2.54 bits per heavy atom. The molecule has 1 unspecified atom stereocenters. The molecule has 2 heteroatoms. The Morgan fingerprint density at radius 1 is 1.46 bits per heavy atom. The van der Waals surface area contributed by atoms with Gasteiger partial charge in [0.2, 0.25) is 0 Å². The molecule has 0 aromatic rings. The average molecular weight is 197 g/mol. The molecule has 1 nitrogen and oxygen atoms in total. The minimum absolute atomic E-state index is 0.0344. The zero-order valence-corrected chi connectivity index (χ0v) is 9.71. The number of nitriles is 1. The number of hydrogen-bond donors (Lipinski definition) is 0. The summed E-state index contributed by atoms with van der Waals surface area (Å²) in [6, 6.07) is 2.51. The molecule has 0 amide bonds. The quantitative estimate of drug-likeness (QED) is 0.675. The van der Waals surface area contributed by atoms with Gasteiger partial charge in [-0.15, -0.1) is 11.8 Å². The summed E-state index contributed by atoms with van der Waals surface area (Å²) in [7, 11) is 0. The molecule has 1 aliphatic rings. The Hall–Kier alpha value is -0.160. The maximum Gasteiger partial charge on any atom is 0.102 e. The van der Waals surface area contributed by atoms with Gasteiger partial charge in [-0.25, -0.2) is 0 Å². The maximum atomic E-state index is 9.14. The molecular weight excluding hydrogens is 178 g/mol. The molecule has 1 heterocycles. The third-order valence-corrected chi connectivity index (χ3v) is 4.13. The van der Waals surface area contributed by atoms with Gasteiger partial charge in [0.05, 0.1) is 6.07 Å². The Balaban J connectivity index is 2.46. The maximum absolute atomic E-state index is 9.14. The van der Waals surface area contributed by atoms with E-state index in [0.717, 1.165) is 19.3 Å². The van der Waals surface area contributed by atoms with Crippen molar-refractivity contribution in [2.45, 2.75) is 51.2 Å². The van der Waals surface area contributed by atoms with Gasteiger partial charge in [0, 0.05) is 0 Å². The third-order valence-electron chi connectivity index (χ3n) is 2.59. The first kappa shape index (κ1) is 10.9. The molecule has 0 aromatic heterocycles. The fraction of sp³-hybridized carbons (Fsp3) is 0.909. The molecule has 0 N–H and O–H groups in total. The van der Waals surface area contributed by atoms with Crippen LogP contribution in [0.25, 0.3) is 0 Å². The molecule has 0 saturated carbocycles. The predicted octanol–water partition coefficient (Wildman–Crippen LogP) is 3.60. The van der Waals surface area contributed by atoms with Gasteiger partial charge in [0.25, 0.3) is 0 Å². The van der Waals surface area contributed by atoms with Crippen molar-refractivity contribution in [2.24, 2.45) is 5.41 Å². The summed E-state index contributed by atoms with van der Waals surface area (Å²) in [5.74, 6) is 1.18. The van der Waals surface area contributed by atoms with E-state index in [1.807, 2.05) is 11.8 Å². The third kappa shape index (κ3) is 3.23. The first-order chi connectivity index (χ1) is 5.97. The summed E-state index contributed by atoms with van der Waals surface area (Å²) in [5, 5.41) is 9.14. The van der Waals surface area contributed by atoms with Crippen LogP contribution in [0.1, 0.15) is 46.5 Å².